The van der Waals surface area contributed by atoms with Crippen molar-refractivity contribution in [2.75, 3.05) is 11.5 Å². The SMILES string of the molecule is C=CC[C@@]1(I)C[C@H](c2cccc(Cl)c2)[C@@H](c2ccc(Cl)cc2)N(C(CC)CSCC)C1=O. The molecule has 1 fully saturated rings. The number of likely N-dealkylation sites (tertiary alicyclic amines) is 1. The largest absolute Gasteiger partial charge is 0.330 e. The van der Waals surface area contributed by atoms with Crippen molar-refractivity contribution in [1.82, 2.24) is 4.90 Å². The number of alkyl halides is 1. The van der Waals surface area contributed by atoms with E-state index in [-0.39, 0.29) is 23.9 Å². The summed E-state index contributed by atoms with van der Waals surface area (Å²) in [5, 5.41) is 1.42. The number of halogens is 3. The topological polar surface area (TPSA) is 20.3 Å². The Bertz CT molecular complexity index is 938. The molecule has 0 spiro atoms. The first kappa shape index (κ1) is 25.9. The monoisotopic (exact) mass is 601 g/mol. The second-order valence-corrected chi connectivity index (χ2v) is 12.5. The predicted molar refractivity (Wildman–Crippen MR) is 148 cm³/mol. The first-order valence-electron chi connectivity index (χ1n) is 11.1. The summed E-state index contributed by atoms with van der Waals surface area (Å²) >= 11 is 16.9. The Labute approximate surface area is 220 Å². The fourth-order valence-corrected chi connectivity index (χ4v) is 6.92. The molecule has 1 aliphatic heterocycles. The Balaban J connectivity index is 2.20. The molecule has 0 saturated carbocycles. The zero-order chi connectivity index (χ0) is 23.3. The van der Waals surface area contributed by atoms with E-state index in [0.717, 1.165) is 40.5 Å². The molecule has 1 amide bonds. The molecule has 2 aromatic rings. The maximum absolute atomic E-state index is 14.1. The van der Waals surface area contributed by atoms with E-state index in [1.807, 2.05) is 42.1 Å². The summed E-state index contributed by atoms with van der Waals surface area (Å²) in [7, 11) is 0. The number of thioether (sulfide) groups is 1. The molecule has 172 valence electrons. The number of allylic oxidation sites excluding steroid dienone is 1. The van der Waals surface area contributed by atoms with Crippen LogP contribution in [0.5, 0.6) is 0 Å². The molecular formula is C26H30Cl2INOS. The minimum atomic E-state index is -0.528. The molecular weight excluding hydrogens is 572 g/mol. The summed E-state index contributed by atoms with van der Waals surface area (Å²) in [6, 6.07) is 16.2. The first-order valence-corrected chi connectivity index (χ1v) is 14.0. The van der Waals surface area contributed by atoms with Gasteiger partial charge in [0.2, 0.25) is 5.91 Å². The van der Waals surface area contributed by atoms with E-state index in [4.69, 9.17) is 23.2 Å². The maximum atomic E-state index is 14.1. The van der Waals surface area contributed by atoms with Crippen molar-refractivity contribution in [3.05, 3.63) is 82.4 Å². The Morgan fingerprint density at radius 1 is 1.19 bits per heavy atom. The third-order valence-corrected chi connectivity index (χ3v) is 9.04. The Morgan fingerprint density at radius 3 is 2.50 bits per heavy atom. The predicted octanol–water partition coefficient (Wildman–Crippen LogP) is 8.33. The zero-order valence-corrected chi connectivity index (χ0v) is 23.1. The maximum Gasteiger partial charge on any atom is 0.239 e. The number of piperidine rings is 1. The van der Waals surface area contributed by atoms with E-state index in [1.54, 1.807) is 0 Å². The molecule has 0 radical (unpaired) electrons. The number of carbonyl (C=O) groups is 1. The standard InChI is InChI=1S/C26H30Cl2INOS/c1-4-14-26(29)16-23(19-8-7-9-21(28)15-19)24(18-10-12-20(27)13-11-18)30(25(26)31)22(5-2)17-32-6-3/h4,7-13,15,22-24H,1,5-6,14,16-17H2,2-3H3/t22?,23-,24-,26-/m1/s1. The van der Waals surface area contributed by atoms with Gasteiger partial charge in [-0.05, 0) is 60.4 Å². The molecule has 0 aromatic heterocycles. The van der Waals surface area contributed by atoms with Gasteiger partial charge in [-0.25, -0.2) is 0 Å². The summed E-state index contributed by atoms with van der Waals surface area (Å²) in [4.78, 5) is 16.3. The van der Waals surface area contributed by atoms with Crippen LogP contribution < -0.4 is 0 Å². The van der Waals surface area contributed by atoms with Crippen molar-refractivity contribution >= 4 is 63.5 Å². The fourth-order valence-electron chi connectivity index (χ4n) is 4.63. The fraction of sp³-hybridized carbons (Fsp3) is 0.423. The average Bonchev–Trinajstić information content (AvgIpc) is 2.77. The van der Waals surface area contributed by atoms with Crippen molar-refractivity contribution in [3.63, 3.8) is 0 Å². The van der Waals surface area contributed by atoms with Gasteiger partial charge >= 0.3 is 0 Å². The van der Waals surface area contributed by atoms with Crippen LogP contribution in [-0.2, 0) is 4.79 Å². The van der Waals surface area contributed by atoms with Crippen LogP contribution in [0.25, 0.3) is 0 Å². The lowest BCUT2D eigenvalue weighted by Gasteiger charge is -2.51. The number of rotatable bonds is 9. The van der Waals surface area contributed by atoms with Crippen LogP contribution in [-0.4, -0.2) is 31.8 Å². The highest BCUT2D eigenvalue weighted by molar-refractivity contribution is 14.1. The van der Waals surface area contributed by atoms with Crippen LogP contribution in [0.3, 0.4) is 0 Å². The first-order chi connectivity index (χ1) is 15.3. The normalized spacial score (nSPS) is 24.4. The van der Waals surface area contributed by atoms with E-state index < -0.39 is 3.42 Å². The summed E-state index contributed by atoms with van der Waals surface area (Å²) in [5.74, 6) is 2.28. The lowest BCUT2D eigenvalue weighted by atomic mass is 9.74. The second kappa shape index (κ2) is 11.6. The number of amides is 1. The Kier molecular flexibility index (Phi) is 9.42. The summed E-state index contributed by atoms with van der Waals surface area (Å²) < 4.78 is -0.528. The molecule has 2 aromatic carbocycles. The number of hydrogen-bond acceptors (Lipinski definition) is 2. The van der Waals surface area contributed by atoms with Gasteiger partial charge in [0.1, 0.15) is 3.42 Å². The van der Waals surface area contributed by atoms with Crippen molar-refractivity contribution in [1.29, 1.82) is 0 Å². The van der Waals surface area contributed by atoms with E-state index in [0.29, 0.717) is 11.4 Å². The highest BCUT2D eigenvalue weighted by atomic mass is 127. The van der Waals surface area contributed by atoms with Crippen LogP contribution in [0.1, 0.15) is 56.2 Å². The smallest absolute Gasteiger partial charge is 0.239 e. The molecule has 32 heavy (non-hydrogen) atoms. The number of carbonyl (C=O) groups excluding carboxylic acids is 1. The summed E-state index contributed by atoms with van der Waals surface area (Å²) in [5.41, 5.74) is 2.28. The second-order valence-electron chi connectivity index (χ2n) is 8.25. The van der Waals surface area contributed by atoms with Crippen molar-refractivity contribution in [3.8, 4) is 0 Å². The van der Waals surface area contributed by atoms with E-state index in [2.05, 4.69) is 72.2 Å². The van der Waals surface area contributed by atoms with Crippen LogP contribution in [0.15, 0.2) is 61.2 Å². The summed E-state index contributed by atoms with van der Waals surface area (Å²) in [6.45, 7) is 8.30. The molecule has 0 aliphatic carbocycles. The third kappa shape index (κ3) is 5.68. The number of hydrogen-bond donors (Lipinski definition) is 0. The highest BCUT2D eigenvalue weighted by Crippen LogP contribution is 2.52. The van der Waals surface area contributed by atoms with Gasteiger partial charge in [0, 0.05) is 27.8 Å². The molecule has 0 N–H and O–H groups in total. The molecule has 1 saturated heterocycles. The minimum Gasteiger partial charge on any atom is -0.330 e. The molecule has 3 rings (SSSR count). The van der Waals surface area contributed by atoms with Gasteiger partial charge in [0.05, 0.1) is 6.04 Å². The third-order valence-electron chi connectivity index (χ3n) is 6.18. The molecule has 2 nitrogen and oxygen atoms in total. The van der Waals surface area contributed by atoms with Crippen LogP contribution in [0.2, 0.25) is 10.0 Å². The average molecular weight is 602 g/mol. The highest BCUT2D eigenvalue weighted by Gasteiger charge is 2.51. The van der Waals surface area contributed by atoms with Crippen LogP contribution in [0, 0.1) is 0 Å². The molecule has 6 heteroatoms. The van der Waals surface area contributed by atoms with Crippen molar-refractivity contribution in [2.45, 2.75) is 54.5 Å². The zero-order valence-electron chi connectivity index (χ0n) is 18.6. The molecule has 4 atom stereocenters. The quantitative estimate of drug-likeness (QED) is 0.164. The van der Waals surface area contributed by atoms with Crippen molar-refractivity contribution < 1.29 is 4.79 Å². The van der Waals surface area contributed by atoms with Crippen molar-refractivity contribution in [2.24, 2.45) is 0 Å². The van der Waals surface area contributed by atoms with Gasteiger partial charge in [-0.3, -0.25) is 4.79 Å². The minimum absolute atomic E-state index is 0.0756. The van der Waals surface area contributed by atoms with Gasteiger partial charge in [-0.1, -0.05) is 90.0 Å². The van der Waals surface area contributed by atoms with E-state index >= 15 is 0 Å². The molecule has 0 bridgehead atoms. The molecule has 1 heterocycles. The van der Waals surface area contributed by atoms with Gasteiger partial charge in [-0.15, -0.1) is 6.58 Å². The molecule has 1 unspecified atom stereocenters. The molecule has 1 aliphatic rings. The Hall–Kier alpha value is -0.690. The lowest BCUT2D eigenvalue weighted by molar-refractivity contribution is -0.143. The van der Waals surface area contributed by atoms with E-state index in [9.17, 15) is 4.79 Å². The number of nitrogens with zero attached hydrogens (tertiary/aromatic N) is 1. The van der Waals surface area contributed by atoms with E-state index in [1.165, 1.54) is 0 Å². The van der Waals surface area contributed by atoms with Gasteiger partial charge in [-0.2, -0.15) is 11.8 Å². The van der Waals surface area contributed by atoms with Crippen LogP contribution in [0.4, 0.5) is 0 Å². The van der Waals surface area contributed by atoms with Gasteiger partial charge < -0.3 is 4.90 Å². The lowest BCUT2D eigenvalue weighted by Crippen LogP contribution is -2.57. The van der Waals surface area contributed by atoms with Gasteiger partial charge in [0.15, 0.2) is 0 Å². The van der Waals surface area contributed by atoms with Gasteiger partial charge in [0.25, 0.3) is 0 Å². The Morgan fingerprint density at radius 2 is 1.91 bits per heavy atom. The summed E-state index contributed by atoms with van der Waals surface area (Å²) in [6.07, 6.45) is 4.17. The number of benzene rings is 2. The van der Waals surface area contributed by atoms with Crippen LogP contribution >= 0.6 is 57.6 Å².